The fourth-order valence-electron chi connectivity index (χ4n) is 0.817. The first kappa shape index (κ1) is 11.2. The molecule has 0 spiro atoms. The number of nitrogen functional groups attached to an aromatic ring is 1. The third-order valence-corrected chi connectivity index (χ3v) is 1.31. The van der Waals surface area contributed by atoms with E-state index in [1.54, 1.807) is 26.8 Å². The average molecular weight is 213 g/mol. The largest absolute Gasteiger partial charge is 0.442 e. The van der Waals surface area contributed by atoms with Gasteiger partial charge in [-0.1, -0.05) is 0 Å². The van der Waals surface area contributed by atoms with E-state index in [4.69, 9.17) is 10.6 Å². The molecule has 0 saturated carbocycles. The van der Waals surface area contributed by atoms with E-state index in [0.29, 0.717) is 0 Å². The Labute approximate surface area is 87.1 Å². The molecule has 84 valence electrons. The standard InChI is InChI=1S/C8H15N5O2/c1-8(2,3)15-7(14)12-6-4-5-10-13(9)11-12/h4-6,11H,9H2,1-3H3. The minimum atomic E-state index is -0.556. The topological polar surface area (TPSA) is 90.9 Å². The fourth-order valence-corrected chi connectivity index (χ4v) is 0.817. The van der Waals surface area contributed by atoms with Crippen molar-refractivity contribution in [3.8, 4) is 0 Å². The number of aromatic nitrogens is 4. The Morgan fingerprint density at radius 2 is 2.20 bits per heavy atom. The molecule has 1 rings (SSSR count). The van der Waals surface area contributed by atoms with Gasteiger partial charge in [0.25, 0.3) is 0 Å². The van der Waals surface area contributed by atoms with Crippen molar-refractivity contribution in [1.29, 1.82) is 0 Å². The molecule has 7 heteroatoms. The van der Waals surface area contributed by atoms with Gasteiger partial charge in [-0.2, -0.15) is 9.90 Å². The molecular formula is C8H15N5O2. The van der Waals surface area contributed by atoms with E-state index in [1.165, 1.54) is 12.4 Å². The van der Waals surface area contributed by atoms with Gasteiger partial charge in [-0.3, -0.25) is 0 Å². The summed E-state index contributed by atoms with van der Waals surface area (Å²) in [5.74, 6) is 5.36. The first-order chi connectivity index (χ1) is 6.88. The van der Waals surface area contributed by atoms with Crippen LogP contribution in [0.25, 0.3) is 0 Å². The molecule has 0 aliphatic heterocycles. The summed E-state index contributed by atoms with van der Waals surface area (Å²) >= 11 is 0. The number of nitrogens with one attached hydrogen (secondary N) is 1. The molecule has 7 nitrogen and oxygen atoms in total. The Bertz CT molecular complexity index is 380. The molecule has 0 amide bonds. The highest BCUT2D eigenvalue weighted by Crippen LogP contribution is 2.07. The summed E-state index contributed by atoms with van der Waals surface area (Å²) in [4.78, 5) is 12.5. The number of nitrogens with zero attached hydrogens (tertiary/aromatic N) is 3. The number of ether oxygens (including phenoxy) is 1. The predicted octanol–water partition coefficient (Wildman–Crippen LogP) is 0.634. The molecule has 0 aromatic carbocycles. The lowest BCUT2D eigenvalue weighted by molar-refractivity contribution is 0.0502. The van der Waals surface area contributed by atoms with Crippen molar-refractivity contribution in [2.75, 3.05) is 5.84 Å². The molecule has 1 aromatic heterocycles. The number of hydrogen-bond donors (Lipinski definition) is 2. The number of hydrogen-bond acceptors (Lipinski definition) is 4. The van der Waals surface area contributed by atoms with Gasteiger partial charge in [-0.25, -0.2) is 4.79 Å². The molecule has 1 aromatic rings. The summed E-state index contributed by atoms with van der Waals surface area (Å²) in [6.07, 6.45) is 2.35. The van der Waals surface area contributed by atoms with Crippen LogP contribution >= 0.6 is 0 Å². The number of aromatic amines is 1. The van der Waals surface area contributed by atoms with E-state index < -0.39 is 11.7 Å². The minimum Gasteiger partial charge on any atom is -0.442 e. The maximum atomic E-state index is 11.6. The van der Waals surface area contributed by atoms with Crippen molar-refractivity contribution in [3.05, 3.63) is 18.5 Å². The molecule has 15 heavy (non-hydrogen) atoms. The van der Waals surface area contributed by atoms with Crippen molar-refractivity contribution in [3.63, 3.8) is 0 Å². The van der Waals surface area contributed by atoms with Crippen LogP contribution < -0.4 is 5.84 Å². The Morgan fingerprint density at radius 3 is 2.80 bits per heavy atom. The summed E-state index contributed by atoms with van der Waals surface area (Å²) < 4.78 is 6.21. The summed E-state index contributed by atoms with van der Waals surface area (Å²) in [5, 5.41) is 6.18. The van der Waals surface area contributed by atoms with Crippen LogP contribution in [0.5, 0.6) is 0 Å². The van der Waals surface area contributed by atoms with E-state index in [1.807, 2.05) is 0 Å². The summed E-state index contributed by atoms with van der Waals surface area (Å²) in [7, 11) is 0. The Balaban J connectivity index is 2.93. The zero-order chi connectivity index (χ0) is 11.5. The highest BCUT2D eigenvalue weighted by atomic mass is 16.6. The lowest BCUT2D eigenvalue weighted by Crippen LogP contribution is -2.30. The van der Waals surface area contributed by atoms with E-state index in [0.717, 1.165) is 9.59 Å². The normalized spacial score (nSPS) is 10.9. The summed E-state index contributed by atoms with van der Waals surface area (Å²) in [5.41, 5.74) is -0.556. The second kappa shape index (κ2) is 4.07. The SMILES string of the molecule is CC(C)(C)OC(=O)n1cccnn(N)[nH]1. The highest BCUT2D eigenvalue weighted by Gasteiger charge is 2.16. The van der Waals surface area contributed by atoms with Crippen molar-refractivity contribution in [1.82, 2.24) is 19.9 Å². The second-order valence-electron chi connectivity index (χ2n) is 3.90. The maximum Gasteiger partial charge on any atom is 0.434 e. The van der Waals surface area contributed by atoms with Crippen molar-refractivity contribution in [2.45, 2.75) is 26.4 Å². The quantitative estimate of drug-likeness (QED) is 0.618. The molecule has 0 saturated heterocycles. The van der Waals surface area contributed by atoms with Crippen LogP contribution in [-0.4, -0.2) is 31.6 Å². The van der Waals surface area contributed by atoms with Crippen LogP contribution in [0.4, 0.5) is 4.79 Å². The molecule has 0 aliphatic carbocycles. The Hall–Kier alpha value is -1.92. The van der Waals surface area contributed by atoms with Crippen LogP contribution in [0.15, 0.2) is 18.5 Å². The molecule has 0 radical (unpaired) electrons. The molecule has 0 aliphatic rings. The lowest BCUT2D eigenvalue weighted by Gasteiger charge is -2.19. The third-order valence-electron chi connectivity index (χ3n) is 1.31. The van der Waals surface area contributed by atoms with Crippen LogP contribution in [0.2, 0.25) is 0 Å². The second-order valence-corrected chi connectivity index (χ2v) is 3.90. The minimum absolute atomic E-state index is 0.556. The van der Waals surface area contributed by atoms with Gasteiger partial charge in [0.05, 0.1) is 6.20 Å². The van der Waals surface area contributed by atoms with Crippen molar-refractivity contribution in [2.24, 2.45) is 0 Å². The summed E-state index contributed by atoms with van der Waals surface area (Å²) in [6, 6.07) is 1.56. The smallest absolute Gasteiger partial charge is 0.434 e. The Morgan fingerprint density at radius 1 is 1.53 bits per heavy atom. The first-order valence-corrected chi connectivity index (χ1v) is 4.42. The maximum absolute atomic E-state index is 11.6. The number of rotatable bonds is 0. The van der Waals surface area contributed by atoms with Crippen molar-refractivity contribution < 1.29 is 9.53 Å². The van der Waals surface area contributed by atoms with Gasteiger partial charge in [0.2, 0.25) is 0 Å². The van der Waals surface area contributed by atoms with Gasteiger partial charge in [0.15, 0.2) is 0 Å². The molecule has 0 bridgehead atoms. The van der Waals surface area contributed by atoms with Crippen LogP contribution in [0, 0.1) is 0 Å². The van der Waals surface area contributed by atoms with E-state index in [2.05, 4.69) is 10.3 Å². The lowest BCUT2D eigenvalue weighted by atomic mass is 10.2. The van der Waals surface area contributed by atoms with Gasteiger partial charge < -0.3 is 10.6 Å². The molecule has 1 heterocycles. The van der Waals surface area contributed by atoms with E-state index in [-0.39, 0.29) is 0 Å². The van der Waals surface area contributed by atoms with Crippen molar-refractivity contribution >= 4 is 6.09 Å². The highest BCUT2D eigenvalue weighted by molar-refractivity contribution is 5.69. The molecule has 3 N–H and O–H groups in total. The predicted molar refractivity (Wildman–Crippen MR) is 54.0 cm³/mol. The zero-order valence-corrected chi connectivity index (χ0v) is 8.97. The monoisotopic (exact) mass is 213 g/mol. The van der Waals surface area contributed by atoms with Gasteiger partial charge in [0, 0.05) is 6.20 Å². The van der Waals surface area contributed by atoms with Gasteiger partial charge in [0.1, 0.15) is 5.60 Å². The van der Waals surface area contributed by atoms with E-state index >= 15 is 0 Å². The Kier molecular flexibility index (Phi) is 3.03. The summed E-state index contributed by atoms with van der Waals surface area (Å²) in [6.45, 7) is 5.34. The number of H-pyrrole nitrogens is 1. The van der Waals surface area contributed by atoms with Gasteiger partial charge >= 0.3 is 6.09 Å². The van der Waals surface area contributed by atoms with Gasteiger partial charge in [-0.05, 0) is 26.8 Å². The molecule has 0 atom stereocenters. The zero-order valence-electron chi connectivity index (χ0n) is 8.97. The average Bonchev–Trinajstić information content (AvgIpc) is 2.26. The number of carbonyl (C=O) groups excluding carboxylic acids is 1. The van der Waals surface area contributed by atoms with E-state index in [9.17, 15) is 4.79 Å². The number of nitrogens with two attached hydrogens (primary N) is 1. The van der Waals surface area contributed by atoms with Gasteiger partial charge in [-0.15, -0.1) is 10.0 Å². The molecule has 0 unspecified atom stereocenters. The fraction of sp³-hybridized carbons (Fsp3) is 0.500. The number of carbonyl (C=O) groups is 1. The third kappa shape index (κ3) is 3.75. The van der Waals surface area contributed by atoms with Crippen LogP contribution in [0.3, 0.4) is 0 Å². The molecular weight excluding hydrogens is 198 g/mol. The first-order valence-electron chi connectivity index (χ1n) is 4.42. The molecule has 0 fully saturated rings. The van der Waals surface area contributed by atoms with Crippen LogP contribution in [0.1, 0.15) is 20.8 Å². The van der Waals surface area contributed by atoms with Crippen LogP contribution in [-0.2, 0) is 4.74 Å².